The van der Waals surface area contributed by atoms with E-state index in [1.807, 2.05) is 20.8 Å². The Morgan fingerprint density at radius 3 is 2.22 bits per heavy atom. The normalized spacial score (nSPS) is 17.9. The molecule has 0 aliphatic carbocycles. The Labute approximate surface area is 187 Å². The maximum atomic E-state index is 13.4. The molecule has 1 amide bonds. The van der Waals surface area contributed by atoms with Gasteiger partial charge in [-0.25, -0.2) is 4.39 Å². The zero-order valence-corrected chi connectivity index (χ0v) is 18.7. The Kier molecular flexibility index (Phi) is 7.64. The molecule has 0 radical (unpaired) electrons. The van der Waals surface area contributed by atoms with Crippen LogP contribution in [0.15, 0.2) is 54.1 Å². The second-order valence-corrected chi connectivity index (χ2v) is 7.53. The van der Waals surface area contributed by atoms with Crippen molar-refractivity contribution >= 4 is 17.4 Å². The number of carbonyl (C=O) groups excluding carboxylic acids is 2. The zero-order chi connectivity index (χ0) is 23.3. The van der Waals surface area contributed by atoms with Gasteiger partial charge in [0.25, 0.3) is 11.7 Å². The molecule has 0 spiro atoms. The van der Waals surface area contributed by atoms with Gasteiger partial charge in [0.05, 0.1) is 18.2 Å². The van der Waals surface area contributed by atoms with Gasteiger partial charge >= 0.3 is 0 Å². The molecule has 170 valence electrons. The fraction of sp³-hybridized carbons (Fsp3) is 0.360. The van der Waals surface area contributed by atoms with Gasteiger partial charge in [0.15, 0.2) is 0 Å². The number of ether oxygens (including phenoxy) is 1. The smallest absolute Gasteiger partial charge is 0.295 e. The lowest BCUT2D eigenvalue weighted by Gasteiger charge is -2.28. The molecule has 1 aliphatic heterocycles. The number of carbonyl (C=O) groups is 2. The fourth-order valence-corrected chi connectivity index (χ4v) is 3.92. The number of ketones is 1. The minimum atomic E-state index is -0.745. The number of likely N-dealkylation sites (N-methyl/N-ethyl adjacent to an activating group) is 1. The summed E-state index contributed by atoms with van der Waals surface area (Å²) in [7, 11) is 0. The van der Waals surface area contributed by atoms with E-state index in [2.05, 4.69) is 4.90 Å². The van der Waals surface area contributed by atoms with Gasteiger partial charge in [0.1, 0.15) is 17.3 Å². The number of benzene rings is 2. The van der Waals surface area contributed by atoms with E-state index in [4.69, 9.17) is 4.74 Å². The van der Waals surface area contributed by atoms with Gasteiger partial charge in [-0.15, -0.1) is 0 Å². The Hall–Kier alpha value is -3.19. The van der Waals surface area contributed by atoms with Crippen LogP contribution in [0.4, 0.5) is 4.39 Å². The molecular weight excluding hydrogens is 411 g/mol. The second-order valence-electron chi connectivity index (χ2n) is 7.53. The maximum absolute atomic E-state index is 13.4. The van der Waals surface area contributed by atoms with Crippen molar-refractivity contribution in [3.05, 3.63) is 71.0 Å². The van der Waals surface area contributed by atoms with Gasteiger partial charge in [0, 0.05) is 18.7 Å². The Balaban J connectivity index is 2.06. The number of hydrogen-bond donors (Lipinski definition) is 1. The first-order valence-corrected chi connectivity index (χ1v) is 10.9. The highest BCUT2D eigenvalue weighted by atomic mass is 19.1. The number of Topliss-reactive ketones (excluding diaryl/α,β-unsaturated/α-hetero) is 1. The number of likely N-dealkylation sites (tertiary alicyclic amines) is 1. The zero-order valence-electron chi connectivity index (χ0n) is 18.7. The van der Waals surface area contributed by atoms with E-state index in [0.717, 1.165) is 13.1 Å². The first-order chi connectivity index (χ1) is 15.4. The molecule has 1 aliphatic rings. The van der Waals surface area contributed by atoms with E-state index >= 15 is 0 Å². The van der Waals surface area contributed by atoms with E-state index in [0.29, 0.717) is 31.0 Å². The van der Waals surface area contributed by atoms with Crippen LogP contribution in [0.5, 0.6) is 5.75 Å². The number of nitrogens with zero attached hydrogens (tertiary/aromatic N) is 2. The van der Waals surface area contributed by atoms with E-state index in [1.54, 1.807) is 24.3 Å². The SMILES string of the molecule is CCOc1ccc([C@@H]2C(=C(O)c3ccc(F)cc3)C(=O)C(=O)N2CCN(CC)CC)cc1. The van der Waals surface area contributed by atoms with Crippen molar-refractivity contribution in [3.8, 4) is 5.75 Å². The van der Waals surface area contributed by atoms with Gasteiger partial charge in [-0.3, -0.25) is 9.59 Å². The molecule has 32 heavy (non-hydrogen) atoms. The third-order valence-electron chi connectivity index (χ3n) is 5.72. The molecule has 0 bridgehead atoms. The summed E-state index contributed by atoms with van der Waals surface area (Å²) in [4.78, 5) is 29.7. The number of halogens is 1. The van der Waals surface area contributed by atoms with E-state index in [-0.39, 0.29) is 16.9 Å². The van der Waals surface area contributed by atoms with E-state index in [9.17, 15) is 19.1 Å². The summed E-state index contributed by atoms with van der Waals surface area (Å²) in [5, 5.41) is 11.0. The molecule has 1 fully saturated rings. The average molecular weight is 441 g/mol. The van der Waals surface area contributed by atoms with Crippen molar-refractivity contribution in [1.29, 1.82) is 0 Å². The lowest BCUT2D eigenvalue weighted by Crippen LogP contribution is -2.38. The molecule has 1 heterocycles. The number of amides is 1. The summed E-state index contributed by atoms with van der Waals surface area (Å²) >= 11 is 0. The van der Waals surface area contributed by atoms with Crippen LogP contribution in [0.1, 0.15) is 37.9 Å². The average Bonchev–Trinajstić information content (AvgIpc) is 3.05. The van der Waals surface area contributed by atoms with Gasteiger partial charge in [-0.05, 0) is 62.0 Å². The molecule has 1 atom stereocenters. The minimum absolute atomic E-state index is 0.00492. The number of rotatable bonds is 9. The van der Waals surface area contributed by atoms with Crippen LogP contribution in [0, 0.1) is 5.82 Å². The summed E-state index contributed by atoms with van der Waals surface area (Å²) in [6, 6.07) is 11.6. The second kappa shape index (κ2) is 10.4. The Bertz CT molecular complexity index is 982. The molecule has 1 N–H and O–H groups in total. The van der Waals surface area contributed by atoms with Crippen molar-refractivity contribution in [3.63, 3.8) is 0 Å². The lowest BCUT2D eigenvalue weighted by molar-refractivity contribution is -0.140. The van der Waals surface area contributed by atoms with E-state index < -0.39 is 23.5 Å². The summed E-state index contributed by atoms with van der Waals surface area (Å²) in [6.45, 7) is 9.07. The van der Waals surface area contributed by atoms with Gasteiger partial charge in [0.2, 0.25) is 0 Å². The fourth-order valence-electron chi connectivity index (χ4n) is 3.92. The maximum Gasteiger partial charge on any atom is 0.295 e. The highest BCUT2D eigenvalue weighted by molar-refractivity contribution is 6.46. The third-order valence-corrected chi connectivity index (χ3v) is 5.72. The van der Waals surface area contributed by atoms with Crippen LogP contribution in [0.25, 0.3) is 5.76 Å². The van der Waals surface area contributed by atoms with Crippen molar-refractivity contribution in [2.24, 2.45) is 0 Å². The van der Waals surface area contributed by atoms with Crippen molar-refractivity contribution in [1.82, 2.24) is 9.80 Å². The van der Waals surface area contributed by atoms with E-state index in [1.165, 1.54) is 29.2 Å². The Morgan fingerprint density at radius 1 is 1.03 bits per heavy atom. The van der Waals surface area contributed by atoms with Gasteiger partial charge in [-0.1, -0.05) is 26.0 Å². The summed E-state index contributed by atoms with van der Waals surface area (Å²) < 4.78 is 18.9. The largest absolute Gasteiger partial charge is 0.507 e. The molecule has 7 heteroatoms. The topological polar surface area (TPSA) is 70.1 Å². The van der Waals surface area contributed by atoms with Crippen LogP contribution in [0.3, 0.4) is 0 Å². The number of aliphatic hydroxyl groups is 1. The monoisotopic (exact) mass is 440 g/mol. The van der Waals surface area contributed by atoms with Crippen LogP contribution < -0.4 is 4.74 Å². The van der Waals surface area contributed by atoms with Crippen LogP contribution in [-0.2, 0) is 9.59 Å². The minimum Gasteiger partial charge on any atom is -0.507 e. The highest BCUT2D eigenvalue weighted by Crippen LogP contribution is 2.39. The van der Waals surface area contributed by atoms with Crippen molar-refractivity contribution in [2.75, 3.05) is 32.8 Å². The molecule has 3 rings (SSSR count). The van der Waals surface area contributed by atoms with Crippen LogP contribution in [0.2, 0.25) is 0 Å². The van der Waals surface area contributed by atoms with Crippen LogP contribution in [-0.4, -0.2) is 59.4 Å². The molecule has 1 saturated heterocycles. The standard InChI is InChI=1S/C25H29FN2O4/c1-4-27(5-2)15-16-28-22(17-9-13-20(14-10-17)32-6-3)21(24(30)25(28)31)23(29)18-7-11-19(26)12-8-18/h7-14,22,29H,4-6,15-16H2,1-3H3/t22-/m1/s1. The predicted molar refractivity (Wildman–Crippen MR) is 121 cm³/mol. The molecule has 0 aromatic heterocycles. The van der Waals surface area contributed by atoms with Crippen molar-refractivity contribution in [2.45, 2.75) is 26.8 Å². The van der Waals surface area contributed by atoms with Crippen molar-refractivity contribution < 1.29 is 23.8 Å². The van der Waals surface area contributed by atoms with Gasteiger partial charge in [-0.2, -0.15) is 0 Å². The molecule has 0 unspecified atom stereocenters. The summed E-state index contributed by atoms with van der Waals surface area (Å²) in [5.74, 6) is -1.49. The summed E-state index contributed by atoms with van der Waals surface area (Å²) in [5.41, 5.74) is 0.977. The number of aliphatic hydroxyl groups excluding tert-OH is 1. The first kappa shape index (κ1) is 23.5. The predicted octanol–water partition coefficient (Wildman–Crippen LogP) is 3.99. The molecule has 2 aromatic rings. The third kappa shape index (κ3) is 4.83. The first-order valence-electron chi connectivity index (χ1n) is 10.9. The molecule has 0 saturated carbocycles. The number of hydrogen-bond acceptors (Lipinski definition) is 5. The summed E-state index contributed by atoms with van der Waals surface area (Å²) in [6.07, 6.45) is 0. The molecule has 6 nitrogen and oxygen atoms in total. The van der Waals surface area contributed by atoms with Gasteiger partial charge < -0.3 is 19.6 Å². The van der Waals surface area contributed by atoms with Crippen LogP contribution >= 0.6 is 0 Å². The quantitative estimate of drug-likeness (QED) is 0.363. The highest BCUT2D eigenvalue weighted by Gasteiger charge is 2.45. The Morgan fingerprint density at radius 2 is 1.66 bits per heavy atom. The molecular formula is C25H29FN2O4. The lowest BCUT2D eigenvalue weighted by atomic mass is 9.95. The molecule has 2 aromatic carbocycles.